The summed E-state index contributed by atoms with van der Waals surface area (Å²) in [6, 6.07) is 9.23. The van der Waals surface area contributed by atoms with E-state index in [-0.39, 0.29) is 11.0 Å². The molecular weight excluding hydrogens is 380 g/mol. The number of aromatic nitrogens is 3. The zero-order valence-corrected chi connectivity index (χ0v) is 16.5. The average Bonchev–Trinajstić information content (AvgIpc) is 2.77. The number of rotatable bonds is 3. The van der Waals surface area contributed by atoms with E-state index in [1.165, 1.54) is 6.26 Å². The number of nitrogens with one attached hydrogen (secondary N) is 1. The smallest absolute Gasteiger partial charge is 0.255 e. The van der Waals surface area contributed by atoms with Crippen LogP contribution in [-0.2, 0) is 19.5 Å². The van der Waals surface area contributed by atoms with Gasteiger partial charge in [-0.05, 0) is 31.2 Å². The number of nitrogens with zero attached hydrogens (tertiary/aromatic N) is 3. The lowest BCUT2D eigenvalue weighted by Crippen LogP contribution is -2.36. The van der Waals surface area contributed by atoms with Gasteiger partial charge in [-0.25, -0.2) is 4.98 Å². The molecule has 1 N–H and O–H groups in total. The number of fused-ring (bicyclic) bond motifs is 2. The minimum absolute atomic E-state index is 0.0224. The van der Waals surface area contributed by atoms with E-state index in [4.69, 9.17) is 4.42 Å². The topological polar surface area (TPSA) is 92.1 Å². The zero-order valence-electron chi connectivity index (χ0n) is 16.5. The van der Waals surface area contributed by atoms with Gasteiger partial charge in [0, 0.05) is 49.6 Å². The van der Waals surface area contributed by atoms with Crippen molar-refractivity contribution in [3.05, 3.63) is 92.0 Å². The summed E-state index contributed by atoms with van der Waals surface area (Å²) in [5.74, 6) is 0.556. The van der Waals surface area contributed by atoms with Crippen molar-refractivity contribution < 1.29 is 4.42 Å². The van der Waals surface area contributed by atoms with Gasteiger partial charge < -0.3 is 9.40 Å². The Morgan fingerprint density at radius 2 is 2.00 bits per heavy atom. The van der Waals surface area contributed by atoms with E-state index < -0.39 is 0 Å². The molecule has 0 unspecified atom stereocenters. The second kappa shape index (κ2) is 7.35. The monoisotopic (exact) mass is 400 g/mol. The maximum atomic E-state index is 12.9. The van der Waals surface area contributed by atoms with Crippen LogP contribution in [-0.4, -0.2) is 26.4 Å². The Morgan fingerprint density at radius 3 is 2.83 bits per heavy atom. The molecule has 0 amide bonds. The van der Waals surface area contributed by atoms with Crippen LogP contribution in [0, 0.1) is 6.92 Å². The van der Waals surface area contributed by atoms with E-state index in [0.717, 1.165) is 16.8 Å². The first-order valence-corrected chi connectivity index (χ1v) is 9.84. The lowest BCUT2D eigenvalue weighted by molar-refractivity contribution is 0.239. The third kappa shape index (κ3) is 3.33. The minimum atomic E-state index is -0.141. The molecule has 7 heteroatoms. The highest BCUT2D eigenvalue weighted by molar-refractivity contribution is 5.77. The van der Waals surface area contributed by atoms with Crippen LogP contribution in [0.25, 0.3) is 22.4 Å². The van der Waals surface area contributed by atoms with Gasteiger partial charge in [0.2, 0.25) is 0 Å². The molecule has 0 bridgehead atoms. The van der Waals surface area contributed by atoms with Gasteiger partial charge in [0.15, 0.2) is 5.43 Å². The van der Waals surface area contributed by atoms with Crippen LogP contribution in [0.5, 0.6) is 0 Å². The molecular formula is C23H20N4O3. The molecule has 7 nitrogen and oxygen atoms in total. The Morgan fingerprint density at radius 1 is 1.17 bits per heavy atom. The maximum Gasteiger partial charge on any atom is 0.255 e. The quantitative estimate of drug-likeness (QED) is 0.569. The molecule has 0 fully saturated rings. The summed E-state index contributed by atoms with van der Waals surface area (Å²) in [7, 11) is 0. The highest BCUT2D eigenvalue weighted by atomic mass is 16.3. The molecule has 0 saturated heterocycles. The SMILES string of the molecule is Cc1ccc2occ(CN3CCc4nc(-c5ccncc5)[nH]c(=O)c4C3)c(=O)c2c1. The Kier molecular flexibility index (Phi) is 4.52. The predicted molar refractivity (Wildman–Crippen MR) is 113 cm³/mol. The van der Waals surface area contributed by atoms with Crippen LogP contribution < -0.4 is 11.0 Å². The van der Waals surface area contributed by atoms with Crippen molar-refractivity contribution in [3.8, 4) is 11.4 Å². The van der Waals surface area contributed by atoms with Crippen molar-refractivity contribution in [2.75, 3.05) is 6.54 Å². The molecule has 30 heavy (non-hydrogen) atoms. The first kappa shape index (κ1) is 18.4. The second-order valence-corrected chi connectivity index (χ2v) is 7.63. The molecule has 1 aliphatic rings. The largest absolute Gasteiger partial charge is 0.464 e. The third-order valence-corrected chi connectivity index (χ3v) is 5.49. The fraction of sp³-hybridized carbons (Fsp3) is 0.217. The third-order valence-electron chi connectivity index (χ3n) is 5.49. The molecule has 4 heterocycles. The van der Waals surface area contributed by atoms with Gasteiger partial charge in [-0.15, -0.1) is 0 Å². The number of hydrogen-bond donors (Lipinski definition) is 1. The number of hydrogen-bond acceptors (Lipinski definition) is 6. The van der Waals surface area contributed by atoms with E-state index in [1.54, 1.807) is 12.4 Å². The molecule has 0 atom stereocenters. The van der Waals surface area contributed by atoms with Crippen LogP contribution in [0.3, 0.4) is 0 Å². The van der Waals surface area contributed by atoms with Gasteiger partial charge in [0.25, 0.3) is 5.56 Å². The normalized spacial score (nSPS) is 14.0. The molecule has 1 aliphatic heterocycles. The number of benzene rings is 1. The van der Waals surface area contributed by atoms with Gasteiger partial charge in [-0.3, -0.25) is 19.5 Å². The number of pyridine rings is 1. The van der Waals surface area contributed by atoms with E-state index in [2.05, 4.69) is 19.9 Å². The molecule has 0 spiro atoms. The highest BCUT2D eigenvalue weighted by Gasteiger charge is 2.22. The van der Waals surface area contributed by atoms with Crippen LogP contribution in [0.4, 0.5) is 0 Å². The van der Waals surface area contributed by atoms with Crippen molar-refractivity contribution in [1.82, 2.24) is 19.9 Å². The Bertz CT molecular complexity index is 1360. The summed E-state index contributed by atoms with van der Waals surface area (Å²) < 4.78 is 5.67. The predicted octanol–water partition coefficient (Wildman–Crippen LogP) is 2.81. The zero-order chi connectivity index (χ0) is 20.7. The van der Waals surface area contributed by atoms with Gasteiger partial charge in [-0.1, -0.05) is 11.6 Å². The Balaban J connectivity index is 1.43. The molecule has 5 rings (SSSR count). The lowest BCUT2D eigenvalue weighted by Gasteiger charge is -2.27. The van der Waals surface area contributed by atoms with Crippen molar-refractivity contribution in [1.29, 1.82) is 0 Å². The second-order valence-electron chi connectivity index (χ2n) is 7.63. The van der Waals surface area contributed by atoms with Crippen LogP contribution in [0.15, 0.2) is 63.0 Å². The van der Waals surface area contributed by atoms with Gasteiger partial charge in [-0.2, -0.15) is 0 Å². The van der Waals surface area contributed by atoms with Crippen LogP contribution in [0.1, 0.15) is 22.4 Å². The summed E-state index contributed by atoms with van der Waals surface area (Å²) in [6.45, 7) is 3.54. The van der Waals surface area contributed by atoms with Crippen molar-refractivity contribution >= 4 is 11.0 Å². The standard InChI is InChI=1S/C23H20N4O3/c1-14-2-3-20-17(10-14)21(28)16(13-30-20)11-27-9-6-19-18(12-27)23(29)26-22(25-19)15-4-7-24-8-5-15/h2-5,7-8,10,13H,6,9,11-12H2,1H3,(H,25,26,29). The van der Waals surface area contributed by atoms with E-state index in [0.29, 0.717) is 54.0 Å². The van der Waals surface area contributed by atoms with Gasteiger partial charge in [0.05, 0.1) is 22.9 Å². The summed E-state index contributed by atoms with van der Waals surface area (Å²) in [5.41, 5.74) is 4.32. The van der Waals surface area contributed by atoms with E-state index in [9.17, 15) is 9.59 Å². The fourth-order valence-electron chi connectivity index (χ4n) is 3.90. The van der Waals surface area contributed by atoms with E-state index in [1.807, 2.05) is 37.3 Å². The molecule has 150 valence electrons. The number of aryl methyl sites for hydroxylation is 1. The number of aromatic amines is 1. The minimum Gasteiger partial charge on any atom is -0.464 e. The Labute approximate surface area is 172 Å². The van der Waals surface area contributed by atoms with Gasteiger partial charge >= 0.3 is 0 Å². The first-order chi connectivity index (χ1) is 14.6. The lowest BCUT2D eigenvalue weighted by atomic mass is 10.1. The highest BCUT2D eigenvalue weighted by Crippen LogP contribution is 2.20. The van der Waals surface area contributed by atoms with Gasteiger partial charge in [0.1, 0.15) is 11.4 Å². The summed E-state index contributed by atoms with van der Waals surface area (Å²) >= 11 is 0. The van der Waals surface area contributed by atoms with E-state index >= 15 is 0 Å². The average molecular weight is 400 g/mol. The maximum absolute atomic E-state index is 12.9. The van der Waals surface area contributed by atoms with Crippen molar-refractivity contribution in [2.24, 2.45) is 0 Å². The van der Waals surface area contributed by atoms with Crippen LogP contribution in [0.2, 0.25) is 0 Å². The summed E-state index contributed by atoms with van der Waals surface area (Å²) in [6.07, 6.45) is 5.53. The molecule has 4 aromatic rings. The Hall–Kier alpha value is -3.58. The van der Waals surface area contributed by atoms with Crippen molar-refractivity contribution in [3.63, 3.8) is 0 Å². The number of H-pyrrole nitrogens is 1. The summed E-state index contributed by atoms with van der Waals surface area (Å²) in [5, 5.41) is 0.589. The summed E-state index contributed by atoms with van der Waals surface area (Å²) in [4.78, 5) is 39.2. The fourth-order valence-corrected chi connectivity index (χ4v) is 3.90. The van der Waals surface area contributed by atoms with Crippen LogP contribution >= 0.6 is 0 Å². The molecule has 0 aliphatic carbocycles. The molecule has 1 aromatic carbocycles. The molecule has 3 aromatic heterocycles. The first-order valence-electron chi connectivity index (χ1n) is 9.84. The molecule has 0 saturated carbocycles. The van der Waals surface area contributed by atoms with Crippen molar-refractivity contribution in [2.45, 2.75) is 26.4 Å². The molecule has 0 radical (unpaired) electrons.